The molecule has 2 atom stereocenters. The number of carbonyl (C=O) groups excluding carboxylic acids is 1. The van der Waals surface area contributed by atoms with Gasteiger partial charge in [0.05, 0.1) is 18.2 Å². The van der Waals surface area contributed by atoms with Crippen LogP contribution >= 0.6 is 0 Å². The molecule has 0 aromatic heterocycles. The van der Waals surface area contributed by atoms with Crippen molar-refractivity contribution in [2.24, 2.45) is 0 Å². The fourth-order valence-corrected chi connectivity index (χ4v) is 3.73. The first-order chi connectivity index (χ1) is 12.5. The first-order valence-corrected chi connectivity index (χ1v) is 8.74. The molecule has 8 heteroatoms. The van der Waals surface area contributed by atoms with Crippen LogP contribution in [0.15, 0.2) is 24.3 Å². The Bertz CT molecular complexity index is 606. The molecule has 1 aromatic carbocycles. The highest BCUT2D eigenvalue weighted by Crippen LogP contribution is 2.37. The van der Waals surface area contributed by atoms with Gasteiger partial charge in [0.2, 0.25) is 5.91 Å². The number of likely N-dealkylation sites (tertiary alicyclic amines) is 1. The van der Waals surface area contributed by atoms with Gasteiger partial charge in [-0.3, -0.25) is 9.69 Å². The Morgan fingerprint density at radius 1 is 1.38 bits per heavy atom. The van der Waals surface area contributed by atoms with Crippen LogP contribution in [0.4, 0.5) is 14.5 Å². The van der Waals surface area contributed by atoms with Crippen molar-refractivity contribution in [3.8, 4) is 5.75 Å². The molecular weight excluding hydrogens is 346 g/mol. The van der Waals surface area contributed by atoms with Gasteiger partial charge in [-0.05, 0) is 43.5 Å². The third-order valence-corrected chi connectivity index (χ3v) is 5.01. The first kappa shape index (κ1) is 19.0. The third kappa shape index (κ3) is 4.49. The molecule has 26 heavy (non-hydrogen) atoms. The van der Waals surface area contributed by atoms with Crippen molar-refractivity contribution in [3.63, 3.8) is 0 Å². The molecular formula is C18H24F2N2O4. The minimum absolute atomic E-state index is 0.0441. The second-order valence-corrected chi connectivity index (χ2v) is 6.68. The lowest BCUT2D eigenvalue weighted by atomic mass is 9.86. The smallest absolute Gasteiger partial charge is 0.387 e. The average Bonchev–Trinajstić information content (AvgIpc) is 3.07. The Balaban J connectivity index is 1.50. The van der Waals surface area contributed by atoms with Gasteiger partial charge in [-0.25, -0.2) is 0 Å². The minimum atomic E-state index is -2.87. The Kier molecular flexibility index (Phi) is 6.05. The molecule has 1 spiro atoms. The number of alkyl halides is 2. The summed E-state index contributed by atoms with van der Waals surface area (Å²) in [7, 11) is 1.68. The zero-order valence-electron chi connectivity index (χ0n) is 14.7. The largest absolute Gasteiger partial charge is 0.435 e. The molecule has 1 amide bonds. The molecule has 144 valence electrons. The molecule has 1 N–H and O–H groups in total. The Labute approximate surface area is 151 Å². The lowest BCUT2D eigenvalue weighted by Gasteiger charge is -2.44. The number of piperidine rings is 1. The summed E-state index contributed by atoms with van der Waals surface area (Å²) in [6, 6.07) is 5.85. The number of benzene rings is 1. The average molecular weight is 370 g/mol. The predicted molar refractivity (Wildman–Crippen MR) is 91.5 cm³/mol. The summed E-state index contributed by atoms with van der Waals surface area (Å²) < 4.78 is 40.2. The number of carbonyl (C=O) groups is 1. The zero-order chi connectivity index (χ0) is 18.6. The number of nitrogens with zero attached hydrogens (tertiary/aromatic N) is 1. The summed E-state index contributed by atoms with van der Waals surface area (Å²) in [5.41, 5.74) is 0.329. The lowest BCUT2D eigenvalue weighted by molar-refractivity contribution is -0.145. The number of amides is 1. The number of methoxy groups -OCH3 is 1. The van der Waals surface area contributed by atoms with Crippen molar-refractivity contribution >= 4 is 11.6 Å². The zero-order valence-corrected chi connectivity index (χ0v) is 14.7. The van der Waals surface area contributed by atoms with Crippen LogP contribution < -0.4 is 10.1 Å². The number of rotatable bonds is 6. The summed E-state index contributed by atoms with van der Waals surface area (Å²) in [4.78, 5) is 14.3. The van der Waals surface area contributed by atoms with E-state index in [-0.39, 0.29) is 29.9 Å². The van der Waals surface area contributed by atoms with Gasteiger partial charge in [-0.1, -0.05) is 0 Å². The fraction of sp³-hybridized carbons (Fsp3) is 0.611. The van der Waals surface area contributed by atoms with Crippen LogP contribution in [0, 0.1) is 0 Å². The van der Waals surface area contributed by atoms with E-state index in [1.807, 2.05) is 4.90 Å². The van der Waals surface area contributed by atoms with Crippen molar-refractivity contribution in [1.29, 1.82) is 0 Å². The van der Waals surface area contributed by atoms with Gasteiger partial charge < -0.3 is 19.5 Å². The number of halogens is 2. The van der Waals surface area contributed by atoms with Crippen molar-refractivity contribution < 1.29 is 27.8 Å². The minimum Gasteiger partial charge on any atom is -0.435 e. The highest BCUT2D eigenvalue weighted by molar-refractivity contribution is 5.92. The molecule has 6 nitrogen and oxygen atoms in total. The second-order valence-electron chi connectivity index (χ2n) is 6.68. The standard InChI is InChI=1S/C18H24F2N2O4/c1-24-15-11-22(9-8-18(15)7-2-10-25-18)12-16(23)21-13-3-5-14(6-4-13)26-17(19)20/h3-6,15,17H,2,7-12H2,1H3,(H,21,23). The third-order valence-electron chi connectivity index (χ3n) is 5.01. The van der Waals surface area contributed by atoms with Crippen LogP contribution in [0.25, 0.3) is 0 Å². The van der Waals surface area contributed by atoms with Crippen LogP contribution in [0.5, 0.6) is 5.75 Å². The predicted octanol–water partition coefficient (Wildman–Crippen LogP) is 2.50. The Hall–Kier alpha value is -1.77. The van der Waals surface area contributed by atoms with Crippen molar-refractivity contribution in [3.05, 3.63) is 24.3 Å². The van der Waals surface area contributed by atoms with Crippen molar-refractivity contribution in [2.75, 3.05) is 38.7 Å². The van der Waals surface area contributed by atoms with Crippen molar-refractivity contribution in [2.45, 2.75) is 37.6 Å². The first-order valence-electron chi connectivity index (χ1n) is 8.74. The van der Waals surface area contributed by atoms with E-state index in [2.05, 4.69) is 10.1 Å². The quantitative estimate of drug-likeness (QED) is 0.834. The molecule has 2 fully saturated rings. The van der Waals surface area contributed by atoms with Gasteiger partial charge in [-0.15, -0.1) is 0 Å². The van der Waals surface area contributed by atoms with E-state index in [0.29, 0.717) is 12.2 Å². The molecule has 2 aliphatic rings. The number of anilines is 1. The normalized spacial score (nSPS) is 26.4. The lowest BCUT2D eigenvalue weighted by Crippen LogP contribution is -2.57. The Morgan fingerprint density at radius 2 is 2.15 bits per heavy atom. The van der Waals surface area contributed by atoms with Crippen LogP contribution in [0.1, 0.15) is 19.3 Å². The molecule has 0 saturated carbocycles. The second kappa shape index (κ2) is 8.28. The summed E-state index contributed by atoms with van der Waals surface area (Å²) >= 11 is 0. The fourth-order valence-electron chi connectivity index (χ4n) is 3.73. The van der Waals surface area contributed by atoms with Crippen LogP contribution in [0.3, 0.4) is 0 Å². The van der Waals surface area contributed by atoms with E-state index in [9.17, 15) is 13.6 Å². The van der Waals surface area contributed by atoms with Gasteiger partial charge in [0, 0.05) is 32.5 Å². The number of nitrogens with one attached hydrogen (secondary N) is 1. The summed E-state index contributed by atoms with van der Waals surface area (Å²) in [6.07, 6.45) is 2.85. The molecule has 0 bridgehead atoms. The van der Waals surface area contributed by atoms with E-state index in [0.717, 1.165) is 32.4 Å². The molecule has 2 aliphatic heterocycles. The molecule has 2 heterocycles. The monoisotopic (exact) mass is 370 g/mol. The Morgan fingerprint density at radius 3 is 2.77 bits per heavy atom. The summed E-state index contributed by atoms with van der Waals surface area (Å²) in [6.45, 7) is -0.438. The molecule has 2 unspecified atom stereocenters. The maximum Gasteiger partial charge on any atom is 0.387 e. The topological polar surface area (TPSA) is 60.0 Å². The molecule has 0 radical (unpaired) electrons. The van der Waals surface area contributed by atoms with Gasteiger partial charge in [0.15, 0.2) is 0 Å². The molecule has 2 saturated heterocycles. The SMILES string of the molecule is COC1CN(CC(=O)Nc2ccc(OC(F)F)cc2)CCC12CCCO2. The molecule has 3 rings (SSSR count). The van der Waals surface area contributed by atoms with E-state index in [1.165, 1.54) is 24.3 Å². The van der Waals surface area contributed by atoms with Crippen molar-refractivity contribution in [1.82, 2.24) is 4.90 Å². The van der Waals surface area contributed by atoms with E-state index >= 15 is 0 Å². The number of ether oxygens (including phenoxy) is 3. The molecule has 0 aliphatic carbocycles. The van der Waals surface area contributed by atoms with E-state index < -0.39 is 6.61 Å². The highest BCUT2D eigenvalue weighted by atomic mass is 19.3. The van der Waals surface area contributed by atoms with Crippen LogP contribution in [-0.4, -0.2) is 62.5 Å². The maximum absolute atomic E-state index is 12.3. The maximum atomic E-state index is 12.3. The van der Waals surface area contributed by atoms with Crippen LogP contribution in [0.2, 0.25) is 0 Å². The van der Waals surface area contributed by atoms with Gasteiger partial charge in [0.1, 0.15) is 5.75 Å². The van der Waals surface area contributed by atoms with E-state index in [4.69, 9.17) is 9.47 Å². The molecule has 1 aromatic rings. The number of hydrogen-bond donors (Lipinski definition) is 1. The summed E-state index contributed by atoms with van der Waals surface area (Å²) in [5, 5.41) is 2.77. The van der Waals surface area contributed by atoms with Gasteiger partial charge in [0.25, 0.3) is 0 Å². The van der Waals surface area contributed by atoms with Gasteiger partial charge >= 0.3 is 6.61 Å². The van der Waals surface area contributed by atoms with Crippen LogP contribution in [-0.2, 0) is 14.3 Å². The van der Waals surface area contributed by atoms with Gasteiger partial charge in [-0.2, -0.15) is 8.78 Å². The highest BCUT2D eigenvalue weighted by Gasteiger charge is 2.46. The summed E-state index contributed by atoms with van der Waals surface area (Å²) in [5.74, 6) is -0.107. The number of hydrogen-bond acceptors (Lipinski definition) is 5. The van der Waals surface area contributed by atoms with E-state index in [1.54, 1.807) is 7.11 Å².